The molecule has 50 heavy (non-hydrogen) atoms. The Bertz CT molecular complexity index is 756. The van der Waals surface area contributed by atoms with Crippen molar-refractivity contribution in [3.8, 4) is 0 Å². The summed E-state index contributed by atoms with van der Waals surface area (Å²) in [6.45, 7) is 3.97. The van der Waals surface area contributed by atoms with E-state index in [1.54, 1.807) is 0 Å². The van der Waals surface area contributed by atoms with Crippen LogP contribution in [0.15, 0.2) is 12.2 Å². The highest BCUT2D eigenvalue weighted by molar-refractivity contribution is 5.70. The topological polar surface area (TPSA) is 113 Å². The van der Waals surface area contributed by atoms with Gasteiger partial charge in [0.15, 0.2) is 6.10 Å². The van der Waals surface area contributed by atoms with Gasteiger partial charge in [-0.15, -0.1) is 0 Å². The highest BCUT2D eigenvalue weighted by atomic mass is 16.6. The molecule has 7 nitrogen and oxygen atoms in total. The Kier molecular flexibility index (Phi) is 37.7. The summed E-state index contributed by atoms with van der Waals surface area (Å²) in [5.74, 6) is -0.692. The van der Waals surface area contributed by atoms with E-state index in [1.165, 1.54) is 122 Å². The van der Waals surface area contributed by atoms with Crippen LogP contribution in [0.2, 0.25) is 0 Å². The third kappa shape index (κ3) is 35.0. The van der Waals surface area contributed by atoms with Crippen LogP contribution >= 0.6 is 0 Å². The molecule has 0 rings (SSSR count). The molecular formula is C43H82O7. The van der Waals surface area contributed by atoms with E-state index in [-0.39, 0.29) is 31.6 Å². The number of aliphatic hydroxyl groups is 3. The van der Waals surface area contributed by atoms with Crippen LogP contribution in [0.5, 0.6) is 0 Å². The van der Waals surface area contributed by atoms with Gasteiger partial charge in [-0.2, -0.15) is 0 Å². The number of carbonyl (C=O) groups is 2. The molecule has 0 saturated carbocycles. The van der Waals surface area contributed by atoms with Crippen LogP contribution in [-0.2, 0) is 19.1 Å². The molecule has 0 saturated heterocycles. The van der Waals surface area contributed by atoms with Gasteiger partial charge in [0.2, 0.25) is 0 Å². The number of ether oxygens (including phenoxy) is 2. The van der Waals surface area contributed by atoms with Crippen molar-refractivity contribution in [2.75, 3.05) is 13.2 Å². The van der Waals surface area contributed by atoms with Crippen LogP contribution in [0.25, 0.3) is 0 Å². The van der Waals surface area contributed by atoms with Crippen molar-refractivity contribution < 1.29 is 34.4 Å². The van der Waals surface area contributed by atoms with Crippen LogP contribution in [0.3, 0.4) is 0 Å². The van der Waals surface area contributed by atoms with E-state index in [0.717, 1.165) is 51.4 Å². The largest absolute Gasteiger partial charge is 0.462 e. The maximum atomic E-state index is 12.2. The molecule has 0 aromatic heterocycles. The predicted molar refractivity (Wildman–Crippen MR) is 208 cm³/mol. The van der Waals surface area contributed by atoms with E-state index in [1.807, 2.05) is 6.08 Å². The Hall–Kier alpha value is -1.44. The van der Waals surface area contributed by atoms with Crippen molar-refractivity contribution in [1.82, 2.24) is 0 Å². The summed E-state index contributed by atoms with van der Waals surface area (Å²) in [5.41, 5.74) is 0. The standard InChI is InChI=1S/C43H82O7/c1-3-5-7-9-11-12-13-14-15-16-17-18-19-20-21-22-23-27-32-36-43(48)50-39(37-44)38-49-42(47)35-31-28-24-26-30-34-41(46)40(45)33-29-25-10-8-6-4-2/h25,29,39-41,44-46H,3-24,26-28,30-38H2,1-2H3/b29-25-/t39-,40+,41+/m0/s1. The van der Waals surface area contributed by atoms with Gasteiger partial charge in [-0.1, -0.05) is 180 Å². The molecule has 0 amide bonds. The van der Waals surface area contributed by atoms with Gasteiger partial charge in [0.05, 0.1) is 18.8 Å². The smallest absolute Gasteiger partial charge is 0.306 e. The highest BCUT2D eigenvalue weighted by Crippen LogP contribution is 2.16. The monoisotopic (exact) mass is 711 g/mol. The van der Waals surface area contributed by atoms with Crippen LogP contribution in [-0.4, -0.2) is 58.8 Å². The normalized spacial score (nSPS) is 13.5. The summed E-state index contributed by atoms with van der Waals surface area (Å²) in [5, 5.41) is 29.9. The van der Waals surface area contributed by atoms with Crippen LogP contribution in [0.4, 0.5) is 0 Å². The molecule has 3 N–H and O–H groups in total. The molecule has 296 valence electrons. The third-order valence-electron chi connectivity index (χ3n) is 9.76. The molecule has 0 aliphatic rings. The lowest BCUT2D eigenvalue weighted by atomic mass is 10.0. The molecule has 0 spiro atoms. The van der Waals surface area contributed by atoms with E-state index in [2.05, 4.69) is 19.9 Å². The SMILES string of the molecule is CCCCC/C=C\C[C@@H](O)[C@H](O)CCCCCCCC(=O)OC[C@H](CO)OC(=O)CCCCCCCCCCCCCCCCCCCCC. The number of carbonyl (C=O) groups excluding carboxylic acids is 2. The number of aliphatic hydroxyl groups excluding tert-OH is 3. The fraction of sp³-hybridized carbons (Fsp3) is 0.907. The summed E-state index contributed by atoms with van der Waals surface area (Å²) in [4.78, 5) is 24.3. The lowest BCUT2D eigenvalue weighted by Gasteiger charge is -2.16. The van der Waals surface area contributed by atoms with Crippen LogP contribution in [0.1, 0.15) is 219 Å². The quantitative estimate of drug-likeness (QED) is 0.0330. The number of esters is 2. The van der Waals surface area contributed by atoms with Crippen molar-refractivity contribution in [3.05, 3.63) is 12.2 Å². The van der Waals surface area contributed by atoms with Crippen molar-refractivity contribution in [1.29, 1.82) is 0 Å². The van der Waals surface area contributed by atoms with Gasteiger partial charge in [-0.05, 0) is 38.5 Å². The fourth-order valence-corrected chi connectivity index (χ4v) is 6.34. The molecule has 0 aromatic rings. The lowest BCUT2D eigenvalue weighted by molar-refractivity contribution is -0.161. The molecule has 0 heterocycles. The number of rotatable bonds is 39. The lowest BCUT2D eigenvalue weighted by Crippen LogP contribution is -2.28. The van der Waals surface area contributed by atoms with Crippen molar-refractivity contribution in [3.63, 3.8) is 0 Å². The van der Waals surface area contributed by atoms with Crippen LogP contribution in [0, 0.1) is 0 Å². The summed E-state index contributed by atoms with van der Waals surface area (Å²) < 4.78 is 10.6. The number of allylic oxidation sites excluding steroid dienone is 1. The highest BCUT2D eigenvalue weighted by Gasteiger charge is 2.16. The fourth-order valence-electron chi connectivity index (χ4n) is 6.34. The second-order valence-corrected chi connectivity index (χ2v) is 14.7. The van der Waals surface area contributed by atoms with E-state index in [0.29, 0.717) is 25.7 Å². The molecule has 0 aliphatic heterocycles. The Labute approximate surface area is 308 Å². The number of hydrogen-bond donors (Lipinski definition) is 3. The zero-order chi connectivity index (χ0) is 36.8. The Balaban J connectivity index is 3.60. The minimum Gasteiger partial charge on any atom is -0.462 e. The molecule has 0 aliphatic carbocycles. The first-order chi connectivity index (χ1) is 24.4. The maximum Gasteiger partial charge on any atom is 0.306 e. The molecule has 0 radical (unpaired) electrons. The Morgan fingerprint density at radius 2 is 0.940 bits per heavy atom. The first kappa shape index (κ1) is 48.6. The van der Waals surface area contributed by atoms with Crippen molar-refractivity contribution in [2.45, 2.75) is 238 Å². The van der Waals surface area contributed by atoms with Crippen molar-refractivity contribution >= 4 is 11.9 Å². The van der Waals surface area contributed by atoms with Crippen LogP contribution < -0.4 is 0 Å². The van der Waals surface area contributed by atoms with Gasteiger partial charge in [0, 0.05) is 12.8 Å². The molecule has 3 atom stereocenters. The minimum atomic E-state index is -0.815. The minimum absolute atomic E-state index is 0.117. The predicted octanol–water partition coefficient (Wildman–Crippen LogP) is 11.2. The molecular weight excluding hydrogens is 628 g/mol. The van der Waals surface area contributed by atoms with Gasteiger partial charge < -0.3 is 24.8 Å². The Morgan fingerprint density at radius 1 is 0.520 bits per heavy atom. The number of hydrogen-bond acceptors (Lipinski definition) is 7. The second-order valence-electron chi connectivity index (χ2n) is 14.7. The molecule has 7 heteroatoms. The molecule has 0 fully saturated rings. The van der Waals surface area contributed by atoms with Gasteiger partial charge in [-0.25, -0.2) is 0 Å². The van der Waals surface area contributed by atoms with Gasteiger partial charge in [0.25, 0.3) is 0 Å². The first-order valence-corrected chi connectivity index (χ1v) is 21.4. The zero-order valence-corrected chi connectivity index (χ0v) is 32.9. The van der Waals surface area contributed by atoms with Gasteiger partial charge in [0.1, 0.15) is 6.61 Å². The Morgan fingerprint density at radius 3 is 1.42 bits per heavy atom. The van der Waals surface area contributed by atoms with E-state index >= 15 is 0 Å². The van der Waals surface area contributed by atoms with E-state index in [9.17, 15) is 24.9 Å². The van der Waals surface area contributed by atoms with E-state index in [4.69, 9.17) is 9.47 Å². The van der Waals surface area contributed by atoms with Gasteiger partial charge >= 0.3 is 11.9 Å². The van der Waals surface area contributed by atoms with E-state index < -0.39 is 18.3 Å². The summed E-state index contributed by atoms with van der Waals surface area (Å²) >= 11 is 0. The average molecular weight is 711 g/mol. The average Bonchev–Trinajstić information content (AvgIpc) is 3.11. The maximum absolute atomic E-state index is 12.2. The molecule has 0 bridgehead atoms. The van der Waals surface area contributed by atoms with Crippen molar-refractivity contribution in [2.24, 2.45) is 0 Å². The summed E-state index contributed by atoms with van der Waals surface area (Å²) in [6, 6.07) is 0. The summed E-state index contributed by atoms with van der Waals surface area (Å²) in [6.07, 6.45) is 37.3. The second kappa shape index (κ2) is 38.8. The van der Waals surface area contributed by atoms with Gasteiger partial charge in [-0.3, -0.25) is 9.59 Å². The number of unbranched alkanes of at least 4 members (excludes halogenated alkanes) is 25. The zero-order valence-electron chi connectivity index (χ0n) is 32.9. The summed E-state index contributed by atoms with van der Waals surface area (Å²) in [7, 11) is 0. The third-order valence-corrected chi connectivity index (χ3v) is 9.76. The molecule has 0 unspecified atom stereocenters. The first-order valence-electron chi connectivity index (χ1n) is 21.4. The molecule has 0 aromatic carbocycles.